The molecule has 0 saturated heterocycles. The molecular weight excluding hydrogens is 243 g/mol. The number of nitrogens with one attached hydrogen (secondary N) is 1. The van der Waals surface area contributed by atoms with Gasteiger partial charge in [-0.15, -0.1) is 11.6 Å². The van der Waals surface area contributed by atoms with Gasteiger partial charge in [-0.3, -0.25) is 4.79 Å². The third-order valence-electron chi connectivity index (χ3n) is 1.86. The standard InChI is InChI=1S/C10H9ClF3NO/c11-5-9(16)15-8-3-1-2-7(4-8)10(13,14)6-12/h1-4H,5-6H2,(H,15,16). The summed E-state index contributed by atoms with van der Waals surface area (Å²) in [4.78, 5) is 10.9. The predicted octanol–water partition coefficient (Wildman–Crippen LogP) is 2.93. The summed E-state index contributed by atoms with van der Waals surface area (Å²) in [6, 6.07) is 4.84. The molecule has 1 rings (SSSR count). The van der Waals surface area contributed by atoms with Crippen molar-refractivity contribution in [3.05, 3.63) is 29.8 Å². The average molecular weight is 252 g/mol. The first-order chi connectivity index (χ1) is 7.49. The molecule has 0 radical (unpaired) electrons. The minimum atomic E-state index is -3.54. The van der Waals surface area contributed by atoms with Crippen molar-refractivity contribution in [2.75, 3.05) is 17.9 Å². The highest BCUT2D eigenvalue weighted by Gasteiger charge is 2.31. The van der Waals surface area contributed by atoms with E-state index in [1.54, 1.807) is 0 Å². The summed E-state index contributed by atoms with van der Waals surface area (Å²) in [6.07, 6.45) is 0. The van der Waals surface area contributed by atoms with E-state index in [2.05, 4.69) is 5.32 Å². The number of alkyl halides is 4. The predicted molar refractivity (Wildman–Crippen MR) is 55.7 cm³/mol. The number of benzene rings is 1. The Balaban J connectivity index is 2.91. The first-order valence-electron chi connectivity index (χ1n) is 4.40. The zero-order valence-corrected chi connectivity index (χ0v) is 8.90. The van der Waals surface area contributed by atoms with E-state index in [0.29, 0.717) is 0 Å². The van der Waals surface area contributed by atoms with Gasteiger partial charge in [0, 0.05) is 11.3 Å². The summed E-state index contributed by atoms with van der Waals surface area (Å²) in [5.41, 5.74) is -0.321. The minimum absolute atomic E-state index is 0.163. The van der Waals surface area contributed by atoms with Crippen LogP contribution in [0.5, 0.6) is 0 Å². The van der Waals surface area contributed by atoms with Crippen molar-refractivity contribution >= 4 is 23.2 Å². The van der Waals surface area contributed by atoms with Crippen LogP contribution in [0.3, 0.4) is 0 Å². The van der Waals surface area contributed by atoms with Gasteiger partial charge in [-0.25, -0.2) is 4.39 Å². The molecule has 0 aliphatic heterocycles. The molecule has 88 valence electrons. The second-order valence-corrected chi connectivity index (χ2v) is 3.37. The van der Waals surface area contributed by atoms with Crippen molar-refractivity contribution in [3.63, 3.8) is 0 Å². The van der Waals surface area contributed by atoms with Gasteiger partial charge in [-0.05, 0) is 12.1 Å². The topological polar surface area (TPSA) is 29.1 Å². The summed E-state index contributed by atoms with van der Waals surface area (Å²) in [5.74, 6) is -4.33. The summed E-state index contributed by atoms with van der Waals surface area (Å²) < 4.78 is 38.0. The van der Waals surface area contributed by atoms with Gasteiger partial charge in [0.05, 0.1) is 0 Å². The third-order valence-corrected chi connectivity index (χ3v) is 2.10. The summed E-state index contributed by atoms with van der Waals surface area (Å²) in [6.45, 7) is -1.78. The van der Waals surface area contributed by atoms with Crippen LogP contribution in [0.25, 0.3) is 0 Å². The highest BCUT2D eigenvalue weighted by molar-refractivity contribution is 6.29. The Morgan fingerprint density at radius 1 is 1.44 bits per heavy atom. The Hall–Kier alpha value is -1.23. The summed E-state index contributed by atoms with van der Waals surface area (Å²) >= 11 is 5.24. The largest absolute Gasteiger partial charge is 0.325 e. The molecular formula is C10H9ClF3NO. The lowest BCUT2D eigenvalue weighted by atomic mass is 10.1. The fourth-order valence-electron chi connectivity index (χ4n) is 1.10. The van der Waals surface area contributed by atoms with E-state index < -0.39 is 24.1 Å². The fraction of sp³-hybridized carbons (Fsp3) is 0.300. The molecule has 1 aromatic carbocycles. The number of halogens is 4. The number of amides is 1. The van der Waals surface area contributed by atoms with Crippen LogP contribution < -0.4 is 5.32 Å². The fourth-order valence-corrected chi connectivity index (χ4v) is 1.16. The van der Waals surface area contributed by atoms with Crippen molar-refractivity contribution in [1.82, 2.24) is 0 Å². The summed E-state index contributed by atoms with van der Waals surface area (Å²) in [7, 11) is 0. The normalized spacial score (nSPS) is 11.2. The molecule has 0 unspecified atom stereocenters. The lowest BCUT2D eigenvalue weighted by molar-refractivity contribution is -0.113. The SMILES string of the molecule is O=C(CCl)Nc1cccc(C(F)(F)CF)c1. The molecule has 0 fully saturated rings. The quantitative estimate of drug-likeness (QED) is 0.819. The lowest BCUT2D eigenvalue weighted by Gasteiger charge is -2.13. The van der Waals surface area contributed by atoms with Crippen LogP contribution >= 0.6 is 11.6 Å². The van der Waals surface area contributed by atoms with Gasteiger partial charge in [-0.1, -0.05) is 12.1 Å². The van der Waals surface area contributed by atoms with Gasteiger partial charge in [-0.2, -0.15) is 8.78 Å². The zero-order chi connectivity index (χ0) is 12.2. The first-order valence-corrected chi connectivity index (χ1v) is 4.93. The summed E-state index contributed by atoms with van der Waals surface area (Å²) in [5, 5.41) is 2.30. The van der Waals surface area contributed by atoms with E-state index in [1.165, 1.54) is 12.1 Å². The Morgan fingerprint density at radius 2 is 2.12 bits per heavy atom. The minimum Gasteiger partial charge on any atom is -0.325 e. The number of carbonyl (C=O) groups is 1. The molecule has 0 bridgehead atoms. The molecule has 0 heterocycles. The number of hydrogen-bond donors (Lipinski definition) is 1. The maximum atomic E-state index is 13.0. The van der Waals surface area contributed by atoms with E-state index in [1.807, 2.05) is 0 Å². The second-order valence-electron chi connectivity index (χ2n) is 3.10. The molecule has 16 heavy (non-hydrogen) atoms. The van der Waals surface area contributed by atoms with Crippen molar-refractivity contribution < 1.29 is 18.0 Å². The van der Waals surface area contributed by atoms with Crippen molar-refractivity contribution in [3.8, 4) is 0 Å². The van der Waals surface area contributed by atoms with Gasteiger partial charge in [0.15, 0.2) is 6.67 Å². The van der Waals surface area contributed by atoms with Gasteiger partial charge in [0.1, 0.15) is 5.88 Å². The molecule has 0 aliphatic carbocycles. The molecule has 0 spiro atoms. The molecule has 0 saturated carbocycles. The molecule has 0 aromatic heterocycles. The van der Waals surface area contributed by atoms with Crippen LogP contribution in [-0.4, -0.2) is 18.5 Å². The van der Waals surface area contributed by atoms with Crippen LogP contribution in [-0.2, 0) is 10.7 Å². The Labute approximate surface area is 95.4 Å². The Bertz CT molecular complexity index is 384. The number of hydrogen-bond acceptors (Lipinski definition) is 1. The molecule has 0 aliphatic rings. The lowest BCUT2D eigenvalue weighted by Crippen LogP contribution is -2.17. The Morgan fingerprint density at radius 3 is 2.69 bits per heavy atom. The van der Waals surface area contributed by atoms with Gasteiger partial charge >= 0.3 is 5.92 Å². The van der Waals surface area contributed by atoms with E-state index in [4.69, 9.17) is 11.6 Å². The highest BCUT2D eigenvalue weighted by atomic mass is 35.5. The van der Waals surface area contributed by atoms with E-state index in [9.17, 15) is 18.0 Å². The van der Waals surface area contributed by atoms with Crippen LogP contribution in [0.1, 0.15) is 5.56 Å². The monoisotopic (exact) mass is 251 g/mol. The number of carbonyl (C=O) groups excluding carboxylic acids is 1. The smallest absolute Gasteiger partial charge is 0.301 e. The van der Waals surface area contributed by atoms with Crippen LogP contribution in [0.2, 0.25) is 0 Å². The average Bonchev–Trinajstić information content (AvgIpc) is 2.29. The highest BCUT2D eigenvalue weighted by Crippen LogP contribution is 2.29. The number of rotatable bonds is 4. The second kappa shape index (κ2) is 5.21. The van der Waals surface area contributed by atoms with Gasteiger partial charge < -0.3 is 5.32 Å². The number of anilines is 1. The Kier molecular flexibility index (Phi) is 4.18. The molecule has 2 nitrogen and oxygen atoms in total. The van der Waals surface area contributed by atoms with E-state index in [0.717, 1.165) is 12.1 Å². The molecule has 1 aromatic rings. The van der Waals surface area contributed by atoms with Gasteiger partial charge in [0.25, 0.3) is 0 Å². The maximum absolute atomic E-state index is 13.0. The molecule has 1 N–H and O–H groups in total. The van der Waals surface area contributed by atoms with Gasteiger partial charge in [0.2, 0.25) is 5.91 Å². The van der Waals surface area contributed by atoms with E-state index in [-0.39, 0.29) is 11.6 Å². The van der Waals surface area contributed by atoms with Crippen LogP contribution in [0, 0.1) is 0 Å². The van der Waals surface area contributed by atoms with Crippen molar-refractivity contribution in [2.24, 2.45) is 0 Å². The van der Waals surface area contributed by atoms with Crippen molar-refractivity contribution in [1.29, 1.82) is 0 Å². The van der Waals surface area contributed by atoms with Crippen molar-refractivity contribution in [2.45, 2.75) is 5.92 Å². The van der Waals surface area contributed by atoms with Crippen LogP contribution in [0.15, 0.2) is 24.3 Å². The van der Waals surface area contributed by atoms with Crippen LogP contribution in [0.4, 0.5) is 18.9 Å². The maximum Gasteiger partial charge on any atom is 0.301 e. The molecule has 6 heteroatoms. The molecule has 0 atom stereocenters. The zero-order valence-electron chi connectivity index (χ0n) is 8.14. The van der Waals surface area contributed by atoms with E-state index >= 15 is 0 Å². The third kappa shape index (κ3) is 3.13. The molecule has 1 amide bonds. The first kappa shape index (κ1) is 12.8.